The van der Waals surface area contributed by atoms with E-state index in [9.17, 15) is 0 Å². The van der Waals surface area contributed by atoms with Gasteiger partial charge in [-0.3, -0.25) is 0 Å². The molecule has 0 saturated carbocycles. The summed E-state index contributed by atoms with van der Waals surface area (Å²) in [6, 6.07) is 33.8. The largest absolute Gasteiger partial charge is 0.230 e. The van der Waals surface area contributed by atoms with Gasteiger partial charge in [0.05, 0.1) is 16.8 Å². The molecule has 0 aliphatic carbocycles. The van der Waals surface area contributed by atoms with Gasteiger partial charge in [0.15, 0.2) is 0 Å². The van der Waals surface area contributed by atoms with Crippen LogP contribution in [0.5, 0.6) is 0 Å². The highest BCUT2D eigenvalue weighted by Gasteiger charge is 2.39. The van der Waals surface area contributed by atoms with E-state index in [1.165, 1.54) is 5.44 Å². The van der Waals surface area contributed by atoms with Crippen LogP contribution in [0, 0.1) is 0 Å². The number of para-hydroxylation sites is 1. The molecule has 0 unspecified atom stereocenters. The first-order valence-electron chi connectivity index (χ1n) is 13.9. The van der Waals surface area contributed by atoms with Crippen molar-refractivity contribution in [3.05, 3.63) is 115 Å². The molecule has 40 heavy (non-hydrogen) atoms. The summed E-state index contributed by atoms with van der Waals surface area (Å²) in [6.07, 6.45) is 2.65. The molecular weight excluding hydrogens is 507 g/mol. The van der Waals surface area contributed by atoms with Crippen molar-refractivity contribution in [2.75, 3.05) is 0 Å². The third-order valence-electron chi connectivity index (χ3n) is 6.83. The molecule has 0 aliphatic rings. The van der Waals surface area contributed by atoms with Gasteiger partial charge in [0, 0.05) is 17.5 Å². The van der Waals surface area contributed by atoms with Gasteiger partial charge < -0.3 is 0 Å². The molecule has 2 aromatic heterocycles. The maximum absolute atomic E-state index is 5.33. The quantitative estimate of drug-likeness (QED) is 0.151. The van der Waals surface area contributed by atoms with Crippen LogP contribution in [-0.4, -0.2) is 29.9 Å². The minimum Gasteiger partial charge on any atom is -0.230 e. The minimum atomic E-state index is -0.651. The molecule has 0 aliphatic heterocycles. The first kappa shape index (κ1) is 27.8. The molecule has 0 fully saturated rings. The Kier molecular flexibility index (Phi) is 7.66. The molecule has 0 N–H and O–H groups in total. The van der Waals surface area contributed by atoms with Crippen LogP contribution in [0.2, 0.25) is 0 Å². The maximum atomic E-state index is 5.33. The Balaban J connectivity index is 1.94. The van der Waals surface area contributed by atoms with Gasteiger partial charge in [-0.25, -0.2) is 9.36 Å². The second kappa shape index (κ2) is 11.0. The summed E-state index contributed by atoms with van der Waals surface area (Å²) >= 11 is 0. The van der Waals surface area contributed by atoms with Crippen LogP contribution >= 0.6 is 7.92 Å². The standard InChI is InChI=1S/C35H39N4P/c1-8-18-28-25-30(40(34(2,3)4)35(5,6)7)39(36-28)33-31(26-19-12-9-13-20-26)37-38(29-23-16-11-17-24-29)32(33)27-21-14-10-15-22-27/h8-17,19-25H,1,18H2,2-7H3. The van der Waals surface area contributed by atoms with E-state index in [2.05, 4.69) is 148 Å². The SMILES string of the molecule is C=CCc1cc(P(C(C)(C)C)C(C)(C)C)n(-c2c(-c3ccccc3)nn(-c3ccccc3)c2-c2ccccc2)n1. The number of allylic oxidation sites excluding steroid dienone is 1. The average molecular weight is 547 g/mol. The van der Waals surface area contributed by atoms with Gasteiger partial charge in [-0.2, -0.15) is 10.2 Å². The van der Waals surface area contributed by atoms with Gasteiger partial charge >= 0.3 is 0 Å². The zero-order valence-corrected chi connectivity index (χ0v) is 25.4. The highest BCUT2D eigenvalue weighted by molar-refractivity contribution is 7.68. The Hall–Kier alpha value is -3.75. The fourth-order valence-corrected chi connectivity index (χ4v) is 9.70. The van der Waals surface area contributed by atoms with Crippen LogP contribution in [0.4, 0.5) is 0 Å². The number of rotatable bonds is 7. The lowest BCUT2D eigenvalue weighted by atomic mass is 10.1. The third kappa shape index (κ3) is 5.46. The Labute approximate surface area is 240 Å². The summed E-state index contributed by atoms with van der Waals surface area (Å²) < 4.78 is 4.31. The van der Waals surface area contributed by atoms with Gasteiger partial charge in [0.2, 0.25) is 0 Å². The predicted molar refractivity (Wildman–Crippen MR) is 172 cm³/mol. The van der Waals surface area contributed by atoms with Crippen molar-refractivity contribution < 1.29 is 0 Å². The lowest BCUT2D eigenvalue weighted by molar-refractivity contribution is 0.711. The second-order valence-electron chi connectivity index (χ2n) is 12.1. The zero-order chi connectivity index (χ0) is 28.5. The summed E-state index contributed by atoms with van der Waals surface area (Å²) in [7, 11) is -0.651. The van der Waals surface area contributed by atoms with E-state index in [0.29, 0.717) is 6.42 Å². The highest BCUT2D eigenvalue weighted by Crippen LogP contribution is 2.58. The minimum absolute atomic E-state index is 0.0616. The topological polar surface area (TPSA) is 35.6 Å². The average Bonchev–Trinajstić information content (AvgIpc) is 3.50. The third-order valence-corrected chi connectivity index (χ3v) is 10.3. The van der Waals surface area contributed by atoms with E-state index < -0.39 is 7.92 Å². The van der Waals surface area contributed by atoms with Gasteiger partial charge in [-0.05, 0) is 36.4 Å². The molecule has 5 rings (SSSR count). The second-order valence-corrected chi connectivity index (χ2v) is 15.9. The molecule has 5 aromatic rings. The molecule has 5 heteroatoms. The summed E-state index contributed by atoms with van der Waals surface area (Å²) in [5.41, 5.74) is 8.40. The first-order valence-corrected chi connectivity index (χ1v) is 15.2. The van der Waals surface area contributed by atoms with Gasteiger partial charge in [0.1, 0.15) is 17.1 Å². The number of benzene rings is 3. The Morgan fingerprint density at radius 3 is 1.75 bits per heavy atom. The highest BCUT2D eigenvalue weighted by atomic mass is 31.1. The zero-order valence-electron chi connectivity index (χ0n) is 24.5. The summed E-state index contributed by atoms with van der Waals surface area (Å²) in [4.78, 5) is 0. The summed E-state index contributed by atoms with van der Waals surface area (Å²) in [6.45, 7) is 18.2. The predicted octanol–water partition coefficient (Wildman–Crippen LogP) is 8.82. The molecule has 204 valence electrons. The van der Waals surface area contributed by atoms with E-state index in [4.69, 9.17) is 10.2 Å². The van der Waals surface area contributed by atoms with E-state index in [0.717, 1.165) is 39.6 Å². The molecule has 0 amide bonds. The van der Waals surface area contributed by atoms with Crippen molar-refractivity contribution >= 4 is 13.4 Å². The molecule has 4 nitrogen and oxygen atoms in total. The molecule has 0 atom stereocenters. The molecule has 3 aromatic carbocycles. The number of nitrogens with zero attached hydrogens (tertiary/aromatic N) is 4. The van der Waals surface area contributed by atoms with Crippen LogP contribution in [0.15, 0.2) is 110 Å². The fourth-order valence-electron chi connectivity index (χ4n) is 5.70. The Bertz CT molecular complexity index is 1570. The van der Waals surface area contributed by atoms with Gasteiger partial charge in [-0.15, -0.1) is 6.58 Å². The Morgan fingerprint density at radius 1 is 0.700 bits per heavy atom. The van der Waals surface area contributed by atoms with Crippen molar-refractivity contribution in [1.29, 1.82) is 0 Å². The number of aromatic nitrogens is 4. The van der Waals surface area contributed by atoms with Crippen molar-refractivity contribution in [2.45, 2.75) is 58.3 Å². The molecule has 2 heterocycles. The van der Waals surface area contributed by atoms with Gasteiger partial charge in [-0.1, -0.05) is 126 Å². The van der Waals surface area contributed by atoms with E-state index in [1.54, 1.807) is 0 Å². The van der Waals surface area contributed by atoms with Gasteiger partial charge in [0.25, 0.3) is 0 Å². The van der Waals surface area contributed by atoms with Crippen LogP contribution in [0.25, 0.3) is 33.9 Å². The normalized spacial score (nSPS) is 12.2. The van der Waals surface area contributed by atoms with E-state index >= 15 is 0 Å². The van der Waals surface area contributed by atoms with E-state index in [-0.39, 0.29) is 10.3 Å². The summed E-state index contributed by atoms with van der Waals surface area (Å²) in [5, 5.41) is 10.8. The maximum Gasteiger partial charge on any atom is 0.120 e. The smallest absolute Gasteiger partial charge is 0.120 e. The molecular formula is C35H39N4P. The monoisotopic (exact) mass is 546 g/mol. The summed E-state index contributed by atoms with van der Waals surface area (Å²) in [5.74, 6) is 0. The first-order chi connectivity index (χ1) is 19.1. The lowest BCUT2D eigenvalue weighted by Crippen LogP contribution is -2.34. The fraction of sp³-hybridized carbons (Fsp3) is 0.257. The van der Waals surface area contributed by atoms with Crippen molar-refractivity contribution in [3.63, 3.8) is 0 Å². The van der Waals surface area contributed by atoms with Crippen LogP contribution in [-0.2, 0) is 6.42 Å². The van der Waals surface area contributed by atoms with E-state index in [1.807, 2.05) is 12.1 Å². The molecule has 0 saturated heterocycles. The number of hydrogen-bond donors (Lipinski definition) is 0. The Morgan fingerprint density at radius 2 is 1.23 bits per heavy atom. The van der Waals surface area contributed by atoms with Crippen LogP contribution in [0.3, 0.4) is 0 Å². The molecule has 0 bridgehead atoms. The van der Waals surface area contributed by atoms with Crippen molar-refractivity contribution in [3.8, 4) is 33.9 Å². The molecule has 0 radical (unpaired) electrons. The van der Waals surface area contributed by atoms with Crippen molar-refractivity contribution in [1.82, 2.24) is 19.6 Å². The lowest BCUT2D eigenvalue weighted by Gasteiger charge is -2.41. The van der Waals surface area contributed by atoms with Crippen LogP contribution in [0.1, 0.15) is 47.2 Å². The number of hydrogen-bond acceptors (Lipinski definition) is 2. The van der Waals surface area contributed by atoms with Crippen LogP contribution < -0.4 is 5.44 Å². The van der Waals surface area contributed by atoms with Crippen molar-refractivity contribution in [2.24, 2.45) is 0 Å². The molecule has 0 spiro atoms.